The van der Waals surface area contributed by atoms with Gasteiger partial charge in [-0.2, -0.15) is 0 Å². The third-order valence-corrected chi connectivity index (χ3v) is 3.29. The number of anilines is 1. The number of aryl methyl sites for hydroxylation is 1. The summed E-state index contributed by atoms with van der Waals surface area (Å²) in [6, 6.07) is 0.544. The van der Waals surface area contributed by atoms with E-state index in [1.54, 1.807) is 11.3 Å². The van der Waals surface area contributed by atoms with Crippen LogP contribution in [0.2, 0.25) is 0 Å². The normalized spacial score (nSPS) is 23.1. The summed E-state index contributed by atoms with van der Waals surface area (Å²) in [6.45, 7) is 3.81. The lowest BCUT2D eigenvalue weighted by Gasteiger charge is -2.13. The quantitative estimate of drug-likeness (QED) is 0.817. The van der Waals surface area contributed by atoms with Gasteiger partial charge < -0.3 is 10.1 Å². The molecular weight excluding hydrogens is 196 g/mol. The standard InChI is InChI=1S/C10H16N2OS/c1-8-7-14-10(11-8)12-9-3-2-5-13-6-4-9/h7,9H,2-6H2,1H3,(H,11,12). The van der Waals surface area contributed by atoms with E-state index >= 15 is 0 Å². The topological polar surface area (TPSA) is 34.1 Å². The van der Waals surface area contributed by atoms with Gasteiger partial charge in [-0.15, -0.1) is 11.3 Å². The maximum absolute atomic E-state index is 5.41. The zero-order chi connectivity index (χ0) is 9.80. The van der Waals surface area contributed by atoms with Crippen LogP contribution in [0.1, 0.15) is 25.0 Å². The molecule has 1 unspecified atom stereocenters. The van der Waals surface area contributed by atoms with Crippen molar-refractivity contribution in [3.8, 4) is 0 Å². The van der Waals surface area contributed by atoms with Crippen molar-refractivity contribution in [1.29, 1.82) is 0 Å². The lowest BCUT2D eigenvalue weighted by molar-refractivity contribution is 0.144. The highest BCUT2D eigenvalue weighted by Crippen LogP contribution is 2.19. The summed E-state index contributed by atoms with van der Waals surface area (Å²) in [4.78, 5) is 4.40. The van der Waals surface area contributed by atoms with E-state index in [9.17, 15) is 0 Å². The summed E-state index contributed by atoms with van der Waals surface area (Å²) in [6.07, 6.45) is 3.44. The highest BCUT2D eigenvalue weighted by molar-refractivity contribution is 7.13. The molecule has 1 aliphatic rings. The SMILES string of the molecule is Cc1csc(NC2CCCOCC2)n1. The van der Waals surface area contributed by atoms with Gasteiger partial charge in [0, 0.05) is 24.6 Å². The van der Waals surface area contributed by atoms with Gasteiger partial charge in [0.2, 0.25) is 0 Å². The Bertz CT molecular complexity index is 279. The van der Waals surface area contributed by atoms with Crippen molar-refractivity contribution in [3.63, 3.8) is 0 Å². The first-order valence-electron chi connectivity index (χ1n) is 5.11. The van der Waals surface area contributed by atoms with Gasteiger partial charge in [-0.3, -0.25) is 0 Å². The number of rotatable bonds is 2. The first kappa shape index (κ1) is 9.93. The molecule has 0 amide bonds. The summed E-state index contributed by atoms with van der Waals surface area (Å²) in [7, 11) is 0. The molecule has 1 aromatic rings. The molecule has 0 saturated carbocycles. The first-order chi connectivity index (χ1) is 6.84. The molecule has 1 N–H and O–H groups in total. The van der Waals surface area contributed by atoms with Crippen LogP contribution in [-0.2, 0) is 4.74 Å². The summed E-state index contributed by atoms with van der Waals surface area (Å²) in [5.41, 5.74) is 1.10. The van der Waals surface area contributed by atoms with Gasteiger partial charge in [0.25, 0.3) is 0 Å². The lowest BCUT2D eigenvalue weighted by Crippen LogP contribution is -2.19. The fraction of sp³-hybridized carbons (Fsp3) is 0.700. The van der Waals surface area contributed by atoms with Crippen molar-refractivity contribution in [1.82, 2.24) is 4.98 Å². The molecule has 0 aliphatic carbocycles. The van der Waals surface area contributed by atoms with E-state index in [-0.39, 0.29) is 0 Å². The monoisotopic (exact) mass is 212 g/mol. The zero-order valence-electron chi connectivity index (χ0n) is 8.45. The predicted molar refractivity (Wildman–Crippen MR) is 58.9 cm³/mol. The summed E-state index contributed by atoms with van der Waals surface area (Å²) >= 11 is 1.69. The van der Waals surface area contributed by atoms with Crippen LogP contribution in [0.5, 0.6) is 0 Å². The largest absolute Gasteiger partial charge is 0.381 e. The summed E-state index contributed by atoms with van der Waals surface area (Å²) < 4.78 is 5.41. The van der Waals surface area contributed by atoms with E-state index in [0.717, 1.165) is 36.9 Å². The molecule has 1 aromatic heterocycles. The molecule has 2 rings (SSSR count). The van der Waals surface area contributed by atoms with Crippen molar-refractivity contribution in [2.24, 2.45) is 0 Å². The van der Waals surface area contributed by atoms with Crippen LogP contribution >= 0.6 is 11.3 Å². The van der Waals surface area contributed by atoms with Crippen molar-refractivity contribution in [3.05, 3.63) is 11.1 Å². The third kappa shape index (κ3) is 2.69. The molecule has 2 heterocycles. The summed E-state index contributed by atoms with van der Waals surface area (Å²) in [5.74, 6) is 0. The average molecular weight is 212 g/mol. The van der Waals surface area contributed by atoms with E-state index in [4.69, 9.17) is 4.74 Å². The molecule has 78 valence electrons. The van der Waals surface area contributed by atoms with Gasteiger partial charge in [-0.25, -0.2) is 4.98 Å². The predicted octanol–water partition coefficient (Wildman–Crippen LogP) is 2.43. The highest BCUT2D eigenvalue weighted by atomic mass is 32.1. The Kier molecular flexibility index (Phi) is 3.37. The third-order valence-electron chi connectivity index (χ3n) is 2.40. The van der Waals surface area contributed by atoms with Gasteiger partial charge in [-0.1, -0.05) is 0 Å². The number of nitrogens with zero attached hydrogens (tertiary/aromatic N) is 1. The van der Waals surface area contributed by atoms with Crippen LogP contribution in [0.4, 0.5) is 5.13 Å². The fourth-order valence-electron chi connectivity index (χ4n) is 1.64. The Hall–Kier alpha value is -0.610. The zero-order valence-corrected chi connectivity index (χ0v) is 9.27. The molecule has 1 saturated heterocycles. The number of hydrogen-bond acceptors (Lipinski definition) is 4. The molecule has 0 aromatic carbocycles. The fourth-order valence-corrected chi connectivity index (χ4v) is 2.41. The highest BCUT2D eigenvalue weighted by Gasteiger charge is 2.12. The summed E-state index contributed by atoms with van der Waals surface area (Å²) in [5, 5.41) is 6.60. The van der Waals surface area contributed by atoms with Gasteiger partial charge in [0.1, 0.15) is 0 Å². The molecule has 4 heteroatoms. The van der Waals surface area contributed by atoms with E-state index in [0.29, 0.717) is 6.04 Å². The smallest absolute Gasteiger partial charge is 0.183 e. The van der Waals surface area contributed by atoms with Gasteiger partial charge >= 0.3 is 0 Å². The average Bonchev–Trinajstić information content (AvgIpc) is 2.43. The second-order valence-corrected chi connectivity index (χ2v) is 4.54. The van der Waals surface area contributed by atoms with E-state index < -0.39 is 0 Å². The Balaban J connectivity index is 1.89. The van der Waals surface area contributed by atoms with E-state index in [1.165, 1.54) is 6.42 Å². The molecule has 1 atom stereocenters. The van der Waals surface area contributed by atoms with Crippen molar-refractivity contribution < 1.29 is 4.74 Å². The lowest BCUT2D eigenvalue weighted by atomic mass is 10.1. The first-order valence-corrected chi connectivity index (χ1v) is 5.99. The molecule has 3 nitrogen and oxygen atoms in total. The minimum Gasteiger partial charge on any atom is -0.381 e. The minimum absolute atomic E-state index is 0.544. The second kappa shape index (κ2) is 4.75. The van der Waals surface area contributed by atoms with Crippen molar-refractivity contribution >= 4 is 16.5 Å². The van der Waals surface area contributed by atoms with Crippen LogP contribution < -0.4 is 5.32 Å². The number of ether oxygens (including phenoxy) is 1. The van der Waals surface area contributed by atoms with E-state index in [1.807, 2.05) is 6.92 Å². The number of nitrogens with one attached hydrogen (secondary N) is 1. The van der Waals surface area contributed by atoms with Crippen molar-refractivity contribution in [2.45, 2.75) is 32.2 Å². The van der Waals surface area contributed by atoms with Crippen LogP contribution in [-0.4, -0.2) is 24.2 Å². The maximum atomic E-state index is 5.41. The Morgan fingerprint density at radius 1 is 1.50 bits per heavy atom. The second-order valence-electron chi connectivity index (χ2n) is 3.68. The molecular formula is C10H16N2OS. The number of hydrogen-bond donors (Lipinski definition) is 1. The maximum Gasteiger partial charge on any atom is 0.183 e. The Labute approximate surface area is 88.5 Å². The number of aromatic nitrogens is 1. The molecule has 0 bridgehead atoms. The molecule has 14 heavy (non-hydrogen) atoms. The van der Waals surface area contributed by atoms with Crippen LogP contribution in [0.15, 0.2) is 5.38 Å². The van der Waals surface area contributed by atoms with Crippen LogP contribution in [0.3, 0.4) is 0 Å². The number of thiazole rings is 1. The van der Waals surface area contributed by atoms with Crippen LogP contribution in [0, 0.1) is 6.92 Å². The van der Waals surface area contributed by atoms with Gasteiger partial charge in [0.05, 0.1) is 5.69 Å². The van der Waals surface area contributed by atoms with Gasteiger partial charge in [0.15, 0.2) is 5.13 Å². The molecule has 1 fully saturated rings. The molecule has 0 spiro atoms. The van der Waals surface area contributed by atoms with Crippen LogP contribution in [0.25, 0.3) is 0 Å². The molecule has 0 radical (unpaired) electrons. The van der Waals surface area contributed by atoms with Gasteiger partial charge in [-0.05, 0) is 26.2 Å². The molecule has 1 aliphatic heterocycles. The van der Waals surface area contributed by atoms with Crippen molar-refractivity contribution in [2.75, 3.05) is 18.5 Å². The minimum atomic E-state index is 0.544. The van der Waals surface area contributed by atoms with E-state index in [2.05, 4.69) is 15.7 Å². The Morgan fingerprint density at radius 2 is 2.43 bits per heavy atom. The Morgan fingerprint density at radius 3 is 3.21 bits per heavy atom.